The third-order valence-electron chi connectivity index (χ3n) is 4.77. The monoisotopic (exact) mass is 484 g/mol. The zero-order valence-electron chi connectivity index (χ0n) is 17.8. The van der Waals surface area contributed by atoms with Crippen LogP contribution in [0.1, 0.15) is 12.0 Å². The summed E-state index contributed by atoms with van der Waals surface area (Å²) in [6, 6.07) is 10.1. The van der Waals surface area contributed by atoms with Crippen LogP contribution in [0.5, 0.6) is 0 Å². The van der Waals surface area contributed by atoms with Gasteiger partial charge >= 0.3 is 0 Å². The van der Waals surface area contributed by atoms with E-state index in [1.165, 1.54) is 12.1 Å². The van der Waals surface area contributed by atoms with Crippen molar-refractivity contribution in [2.45, 2.75) is 22.3 Å². The summed E-state index contributed by atoms with van der Waals surface area (Å²) in [4.78, 5) is 2.89. The lowest BCUT2D eigenvalue weighted by molar-refractivity contribution is -0.0290. The minimum atomic E-state index is -4.05. The predicted octanol–water partition coefficient (Wildman–Crippen LogP) is 3.02. The maximum Gasteiger partial charge on any atom is 0.238 e. The molecule has 1 saturated heterocycles. The van der Waals surface area contributed by atoms with Crippen LogP contribution in [0.3, 0.4) is 0 Å². The summed E-state index contributed by atoms with van der Waals surface area (Å²) >= 11 is 1.61. The van der Waals surface area contributed by atoms with E-state index >= 15 is 0 Å². The van der Waals surface area contributed by atoms with Crippen molar-refractivity contribution in [3.05, 3.63) is 53.6 Å². The first-order valence-corrected chi connectivity index (χ1v) is 12.5. The molecule has 32 heavy (non-hydrogen) atoms. The highest BCUT2D eigenvalue weighted by atomic mass is 32.2. The summed E-state index contributed by atoms with van der Waals surface area (Å²) in [6.07, 6.45) is 3.02. The zero-order chi connectivity index (χ0) is 23.7. The number of hydrogen-bond donors (Lipinski definition) is 2. The van der Waals surface area contributed by atoms with Gasteiger partial charge in [0.1, 0.15) is 17.7 Å². The number of nitrogens with two attached hydrogens (primary N) is 1. The van der Waals surface area contributed by atoms with E-state index in [2.05, 4.69) is 10.2 Å². The second-order valence-electron chi connectivity index (χ2n) is 7.04. The molecule has 174 valence electrons. The van der Waals surface area contributed by atoms with E-state index in [9.17, 15) is 17.2 Å². The van der Waals surface area contributed by atoms with Crippen molar-refractivity contribution in [3.63, 3.8) is 0 Å². The Morgan fingerprint density at radius 3 is 2.47 bits per heavy atom. The second-order valence-corrected chi connectivity index (χ2v) is 9.48. The van der Waals surface area contributed by atoms with Crippen LogP contribution >= 0.6 is 11.8 Å². The average molecular weight is 485 g/mol. The Balaban J connectivity index is 0.000000336. The fraction of sp³-hybridized carbons (Fsp3) is 0.381. The Kier molecular flexibility index (Phi) is 9.86. The molecule has 2 aromatic rings. The van der Waals surface area contributed by atoms with Crippen molar-refractivity contribution >= 4 is 27.5 Å². The van der Waals surface area contributed by atoms with Gasteiger partial charge in [-0.3, -0.25) is 4.90 Å². The highest BCUT2D eigenvalue weighted by Gasteiger charge is 2.25. The van der Waals surface area contributed by atoms with Gasteiger partial charge in [-0.2, -0.15) is 5.26 Å². The van der Waals surface area contributed by atoms with E-state index in [-0.39, 0.29) is 23.2 Å². The van der Waals surface area contributed by atoms with Crippen LogP contribution in [-0.4, -0.2) is 59.0 Å². The maximum atomic E-state index is 14.0. The number of sulfonamides is 1. The molecular formula is C21H26F2N4O3S2. The van der Waals surface area contributed by atoms with Crippen molar-refractivity contribution in [1.82, 2.24) is 4.90 Å². The second kappa shape index (κ2) is 12.1. The molecule has 1 aliphatic rings. The van der Waals surface area contributed by atoms with E-state index in [1.54, 1.807) is 37.1 Å². The molecule has 0 atom stereocenters. The highest BCUT2D eigenvalue weighted by molar-refractivity contribution is 7.98. The molecule has 0 aromatic heterocycles. The average Bonchev–Trinajstić information content (AvgIpc) is 2.73. The van der Waals surface area contributed by atoms with Gasteiger partial charge in [0.15, 0.2) is 0 Å². The number of nitrogens with one attached hydrogen (secondary N) is 1. The number of ether oxygens (including phenoxy) is 1. The largest absolute Gasteiger partial charge is 0.382 e. The fourth-order valence-corrected chi connectivity index (χ4v) is 3.91. The number of nitriles is 1. The topological polar surface area (TPSA) is 108 Å². The molecule has 3 rings (SSSR count). The number of benzene rings is 2. The highest BCUT2D eigenvalue weighted by Crippen LogP contribution is 2.23. The standard InChI is InChI=1S/C14H19FN4O3S.C7H7FS/c1-22-11-8-19(9-11)4-2-3-18-14-10(7-16)5-12(6-13(14)15)23(17,20)21;1-9-7-4-2-6(8)3-5-7/h5-6,11,18H,2-4,8-9H2,1H3,(H2,17,20,21);2-5H,1H3. The Morgan fingerprint density at radius 1 is 1.28 bits per heavy atom. The van der Waals surface area contributed by atoms with Crippen molar-refractivity contribution in [2.75, 3.05) is 44.9 Å². The number of primary sulfonamides is 1. The molecule has 2 aromatic carbocycles. The molecule has 11 heteroatoms. The molecule has 0 aliphatic carbocycles. The SMILES string of the molecule is COC1CN(CCCNc2c(F)cc(S(N)(=O)=O)cc2C#N)C1.CSc1ccc(F)cc1. The number of thioether (sulfide) groups is 1. The first-order valence-electron chi connectivity index (χ1n) is 9.73. The number of nitrogens with zero attached hydrogens (tertiary/aromatic N) is 2. The van der Waals surface area contributed by atoms with Gasteiger partial charge in [0.2, 0.25) is 10.0 Å². The number of methoxy groups -OCH3 is 1. The van der Waals surface area contributed by atoms with Crippen LogP contribution in [0.25, 0.3) is 0 Å². The summed E-state index contributed by atoms with van der Waals surface area (Å²) in [5.74, 6) is -0.982. The molecule has 7 nitrogen and oxygen atoms in total. The predicted molar refractivity (Wildman–Crippen MR) is 121 cm³/mol. The molecule has 0 amide bonds. The Hall–Kier alpha value is -2.23. The molecule has 1 fully saturated rings. The normalized spacial score (nSPS) is 14.1. The Morgan fingerprint density at radius 2 is 1.94 bits per heavy atom. The first kappa shape index (κ1) is 26.0. The van der Waals surface area contributed by atoms with E-state index in [1.807, 2.05) is 6.26 Å². The molecule has 1 heterocycles. The van der Waals surface area contributed by atoms with E-state index in [4.69, 9.17) is 15.1 Å². The van der Waals surface area contributed by atoms with Crippen LogP contribution in [0.2, 0.25) is 0 Å². The van der Waals surface area contributed by atoms with Crippen molar-refractivity contribution < 1.29 is 21.9 Å². The van der Waals surface area contributed by atoms with Crippen molar-refractivity contribution in [2.24, 2.45) is 5.14 Å². The van der Waals surface area contributed by atoms with Gasteiger partial charge < -0.3 is 10.1 Å². The maximum absolute atomic E-state index is 14.0. The summed E-state index contributed by atoms with van der Waals surface area (Å²) in [6.45, 7) is 3.08. The quantitative estimate of drug-likeness (QED) is 0.438. The lowest BCUT2D eigenvalue weighted by atomic mass is 10.1. The van der Waals surface area contributed by atoms with Gasteiger partial charge in [-0.1, -0.05) is 0 Å². The number of likely N-dealkylation sites (tertiary alicyclic amines) is 1. The summed E-state index contributed by atoms with van der Waals surface area (Å²) in [5.41, 5.74) is -0.0873. The third-order valence-corrected chi connectivity index (χ3v) is 6.41. The van der Waals surface area contributed by atoms with Crippen molar-refractivity contribution in [3.8, 4) is 6.07 Å². The van der Waals surface area contributed by atoms with Crippen LogP contribution < -0.4 is 10.5 Å². The van der Waals surface area contributed by atoms with Crippen LogP contribution in [0.15, 0.2) is 46.2 Å². The minimum Gasteiger partial charge on any atom is -0.382 e. The van der Waals surface area contributed by atoms with Crippen molar-refractivity contribution in [1.29, 1.82) is 5.26 Å². The van der Waals surface area contributed by atoms with Gasteiger partial charge in [0.05, 0.1) is 22.3 Å². The van der Waals surface area contributed by atoms with Gasteiger partial charge in [-0.15, -0.1) is 11.8 Å². The lowest BCUT2D eigenvalue weighted by Crippen LogP contribution is -2.52. The van der Waals surface area contributed by atoms with E-state index in [0.717, 1.165) is 43.1 Å². The molecule has 0 radical (unpaired) electrons. The minimum absolute atomic E-state index is 0.00159. The van der Waals surface area contributed by atoms with E-state index in [0.29, 0.717) is 6.54 Å². The Labute approximate surface area is 191 Å². The third kappa shape index (κ3) is 7.72. The number of halogens is 2. The fourth-order valence-electron chi connectivity index (χ4n) is 2.95. The Bertz CT molecular complexity index is 1040. The lowest BCUT2D eigenvalue weighted by Gasteiger charge is -2.38. The van der Waals surface area contributed by atoms with Crippen LogP contribution in [0.4, 0.5) is 14.5 Å². The number of hydrogen-bond acceptors (Lipinski definition) is 7. The summed E-state index contributed by atoms with van der Waals surface area (Å²) in [5, 5.41) is 16.9. The number of rotatable bonds is 8. The van der Waals surface area contributed by atoms with Crippen LogP contribution in [0, 0.1) is 23.0 Å². The number of anilines is 1. The van der Waals surface area contributed by atoms with Gasteiger partial charge in [-0.05, 0) is 49.1 Å². The van der Waals surface area contributed by atoms with E-state index < -0.39 is 20.7 Å². The molecule has 0 saturated carbocycles. The molecule has 0 bridgehead atoms. The molecule has 1 aliphatic heterocycles. The molecule has 0 spiro atoms. The molecular weight excluding hydrogens is 458 g/mol. The smallest absolute Gasteiger partial charge is 0.238 e. The molecule has 0 unspecified atom stereocenters. The van der Waals surface area contributed by atoms with Gasteiger partial charge in [0.25, 0.3) is 0 Å². The van der Waals surface area contributed by atoms with Gasteiger partial charge in [0, 0.05) is 38.2 Å². The first-order chi connectivity index (χ1) is 15.2. The zero-order valence-corrected chi connectivity index (χ0v) is 19.5. The summed E-state index contributed by atoms with van der Waals surface area (Å²) in [7, 11) is -2.37. The molecule has 3 N–H and O–H groups in total. The van der Waals surface area contributed by atoms with Gasteiger partial charge in [-0.25, -0.2) is 22.3 Å². The van der Waals surface area contributed by atoms with Crippen LogP contribution in [-0.2, 0) is 14.8 Å². The summed E-state index contributed by atoms with van der Waals surface area (Å²) < 4.78 is 53.9.